The summed E-state index contributed by atoms with van der Waals surface area (Å²) in [5, 5.41) is 14.1. The molecule has 0 atom stereocenters. The quantitative estimate of drug-likeness (QED) is 0.505. The molecule has 22 heavy (non-hydrogen) atoms. The number of nitrogens with zero attached hydrogens (tertiary/aromatic N) is 1. The number of benzene rings is 2. The first-order chi connectivity index (χ1) is 10.5. The molecule has 5 nitrogen and oxygen atoms in total. The number of amides is 1. The molecule has 2 aromatic rings. The first-order valence-corrected chi connectivity index (χ1v) is 6.90. The summed E-state index contributed by atoms with van der Waals surface area (Å²) < 4.78 is 0. The molecule has 7 heteroatoms. The van der Waals surface area contributed by atoms with E-state index >= 15 is 0 Å². The summed E-state index contributed by atoms with van der Waals surface area (Å²) in [5.41, 5.74) is 0.893. The molecule has 0 radical (unpaired) electrons. The predicted molar refractivity (Wildman–Crippen MR) is 87.2 cm³/mol. The van der Waals surface area contributed by atoms with Crippen molar-refractivity contribution in [3.8, 4) is 0 Å². The lowest BCUT2D eigenvalue weighted by atomic mass is 10.2. The lowest BCUT2D eigenvalue weighted by molar-refractivity contribution is -0.384. The smallest absolute Gasteiger partial charge is 0.270 e. The van der Waals surface area contributed by atoms with Crippen LogP contribution < -0.4 is 5.32 Å². The predicted octanol–water partition coefficient (Wildman–Crippen LogP) is 4.55. The van der Waals surface area contributed by atoms with Crippen LogP contribution in [-0.4, -0.2) is 10.8 Å². The fourth-order valence-corrected chi connectivity index (χ4v) is 2.02. The Labute approximate surface area is 136 Å². The minimum absolute atomic E-state index is 0.0413. The number of carbonyl (C=O) groups excluding carboxylic acids is 1. The van der Waals surface area contributed by atoms with E-state index in [0.717, 1.165) is 0 Å². The van der Waals surface area contributed by atoms with Gasteiger partial charge in [-0.3, -0.25) is 14.9 Å². The second kappa shape index (κ2) is 7.06. The van der Waals surface area contributed by atoms with Crippen LogP contribution in [0.4, 0.5) is 11.4 Å². The van der Waals surface area contributed by atoms with E-state index in [0.29, 0.717) is 21.3 Å². The number of hydrogen-bond acceptors (Lipinski definition) is 3. The molecule has 0 bridgehead atoms. The van der Waals surface area contributed by atoms with Crippen LogP contribution in [0.3, 0.4) is 0 Å². The van der Waals surface area contributed by atoms with Gasteiger partial charge in [-0.05, 0) is 29.8 Å². The molecule has 0 saturated heterocycles. The Morgan fingerprint density at radius 2 is 1.95 bits per heavy atom. The van der Waals surface area contributed by atoms with Gasteiger partial charge in [-0.2, -0.15) is 0 Å². The van der Waals surface area contributed by atoms with Crippen molar-refractivity contribution >= 4 is 46.6 Å². The Bertz CT molecular complexity index is 760. The Hall–Kier alpha value is -2.37. The highest BCUT2D eigenvalue weighted by molar-refractivity contribution is 6.35. The molecule has 0 unspecified atom stereocenters. The zero-order valence-corrected chi connectivity index (χ0v) is 12.6. The van der Waals surface area contributed by atoms with Gasteiger partial charge in [-0.1, -0.05) is 35.3 Å². The summed E-state index contributed by atoms with van der Waals surface area (Å²) in [6.45, 7) is 0. The fraction of sp³-hybridized carbons (Fsp3) is 0. The molecule has 1 amide bonds. The molecule has 2 rings (SSSR count). The van der Waals surface area contributed by atoms with Crippen molar-refractivity contribution < 1.29 is 9.72 Å². The van der Waals surface area contributed by atoms with Gasteiger partial charge < -0.3 is 5.32 Å². The summed E-state index contributed by atoms with van der Waals surface area (Å²) in [4.78, 5) is 22.0. The normalized spacial score (nSPS) is 10.6. The topological polar surface area (TPSA) is 72.2 Å². The zero-order valence-electron chi connectivity index (χ0n) is 11.1. The number of hydrogen-bond donors (Lipinski definition) is 1. The van der Waals surface area contributed by atoms with E-state index in [1.165, 1.54) is 30.4 Å². The van der Waals surface area contributed by atoms with Crippen molar-refractivity contribution in [3.63, 3.8) is 0 Å². The second-order valence-electron chi connectivity index (χ2n) is 4.30. The van der Waals surface area contributed by atoms with Gasteiger partial charge in [0.25, 0.3) is 5.69 Å². The maximum absolute atomic E-state index is 11.8. The van der Waals surface area contributed by atoms with Crippen LogP contribution in [0.2, 0.25) is 10.0 Å². The van der Waals surface area contributed by atoms with E-state index in [1.54, 1.807) is 24.3 Å². The van der Waals surface area contributed by atoms with Crippen molar-refractivity contribution in [2.45, 2.75) is 0 Å². The van der Waals surface area contributed by atoms with Crippen LogP contribution in [0.5, 0.6) is 0 Å². The van der Waals surface area contributed by atoms with E-state index in [-0.39, 0.29) is 5.69 Å². The van der Waals surface area contributed by atoms with Crippen molar-refractivity contribution in [1.29, 1.82) is 0 Å². The van der Waals surface area contributed by atoms with Gasteiger partial charge in [0.1, 0.15) is 0 Å². The molecule has 0 aliphatic heterocycles. The molecule has 0 fully saturated rings. The second-order valence-corrected chi connectivity index (χ2v) is 5.14. The SMILES string of the molecule is O=C(C=Cc1cccc([N+](=O)[O-])c1)Nc1cc(Cl)ccc1Cl. The molecule has 0 saturated carbocycles. The third-order valence-corrected chi connectivity index (χ3v) is 3.26. The van der Waals surface area contributed by atoms with Crippen LogP contribution in [0.1, 0.15) is 5.56 Å². The van der Waals surface area contributed by atoms with E-state index in [2.05, 4.69) is 5.32 Å². The summed E-state index contributed by atoms with van der Waals surface area (Å²) in [5.74, 6) is -0.421. The number of anilines is 1. The molecular formula is C15H10Cl2N2O3. The molecule has 112 valence electrons. The minimum Gasteiger partial charge on any atom is -0.321 e. The average Bonchev–Trinajstić information content (AvgIpc) is 2.49. The Kier molecular flexibility index (Phi) is 5.14. The highest BCUT2D eigenvalue weighted by atomic mass is 35.5. The average molecular weight is 337 g/mol. The molecule has 2 aromatic carbocycles. The maximum atomic E-state index is 11.8. The van der Waals surface area contributed by atoms with Gasteiger partial charge in [-0.25, -0.2) is 0 Å². The van der Waals surface area contributed by atoms with Crippen LogP contribution in [-0.2, 0) is 4.79 Å². The number of nitro benzene ring substituents is 1. The molecule has 1 N–H and O–H groups in total. The van der Waals surface area contributed by atoms with Gasteiger partial charge in [0.15, 0.2) is 0 Å². The maximum Gasteiger partial charge on any atom is 0.270 e. The number of rotatable bonds is 4. The molecular weight excluding hydrogens is 327 g/mol. The summed E-state index contributed by atoms with van der Waals surface area (Å²) >= 11 is 11.8. The highest BCUT2D eigenvalue weighted by Crippen LogP contribution is 2.25. The van der Waals surface area contributed by atoms with Crippen molar-refractivity contribution in [3.05, 3.63) is 74.3 Å². The Balaban J connectivity index is 2.10. The van der Waals surface area contributed by atoms with E-state index in [1.807, 2.05) is 0 Å². The minimum atomic E-state index is -0.497. The number of non-ortho nitro benzene ring substituents is 1. The van der Waals surface area contributed by atoms with Gasteiger partial charge >= 0.3 is 0 Å². The largest absolute Gasteiger partial charge is 0.321 e. The van der Waals surface area contributed by atoms with Crippen molar-refractivity contribution in [1.82, 2.24) is 0 Å². The number of nitro groups is 1. The zero-order chi connectivity index (χ0) is 16.1. The number of nitrogens with one attached hydrogen (secondary N) is 1. The van der Waals surface area contributed by atoms with Crippen LogP contribution in [0.15, 0.2) is 48.5 Å². The Morgan fingerprint density at radius 3 is 2.68 bits per heavy atom. The van der Waals surface area contributed by atoms with E-state index in [4.69, 9.17) is 23.2 Å². The van der Waals surface area contributed by atoms with Gasteiger partial charge in [0, 0.05) is 23.2 Å². The van der Waals surface area contributed by atoms with Gasteiger partial charge in [0.05, 0.1) is 15.6 Å². The van der Waals surface area contributed by atoms with Crippen LogP contribution in [0.25, 0.3) is 6.08 Å². The van der Waals surface area contributed by atoms with Crippen LogP contribution >= 0.6 is 23.2 Å². The van der Waals surface area contributed by atoms with E-state index < -0.39 is 10.8 Å². The van der Waals surface area contributed by atoms with Crippen molar-refractivity contribution in [2.24, 2.45) is 0 Å². The molecule has 0 heterocycles. The first-order valence-electron chi connectivity index (χ1n) is 6.14. The monoisotopic (exact) mass is 336 g/mol. The highest BCUT2D eigenvalue weighted by Gasteiger charge is 2.06. The van der Waals surface area contributed by atoms with Gasteiger partial charge in [0.2, 0.25) is 5.91 Å². The molecule has 0 aliphatic carbocycles. The Morgan fingerprint density at radius 1 is 1.18 bits per heavy atom. The standard InChI is InChI=1S/C15H10Cl2N2O3/c16-11-5-6-13(17)14(9-11)18-15(20)7-4-10-2-1-3-12(8-10)19(21)22/h1-9H,(H,18,20). The molecule has 0 aromatic heterocycles. The van der Waals surface area contributed by atoms with Gasteiger partial charge in [-0.15, -0.1) is 0 Å². The molecule has 0 aliphatic rings. The first kappa shape index (κ1) is 16.0. The third kappa shape index (κ3) is 4.31. The fourth-order valence-electron chi connectivity index (χ4n) is 1.68. The third-order valence-electron chi connectivity index (χ3n) is 2.69. The summed E-state index contributed by atoms with van der Waals surface area (Å²) in [7, 11) is 0. The lowest BCUT2D eigenvalue weighted by Gasteiger charge is -2.05. The molecule has 0 spiro atoms. The number of halogens is 2. The number of carbonyl (C=O) groups is 1. The van der Waals surface area contributed by atoms with Crippen LogP contribution in [0, 0.1) is 10.1 Å². The van der Waals surface area contributed by atoms with Crippen molar-refractivity contribution in [2.75, 3.05) is 5.32 Å². The summed E-state index contributed by atoms with van der Waals surface area (Å²) in [6.07, 6.45) is 2.73. The summed E-state index contributed by atoms with van der Waals surface area (Å²) in [6, 6.07) is 10.7. The van der Waals surface area contributed by atoms with E-state index in [9.17, 15) is 14.9 Å². The lowest BCUT2D eigenvalue weighted by Crippen LogP contribution is -2.08.